The van der Waals surface area contributed by atoms with Crippen molar-refractivity contribution in [1.29, 1.82) is 0 Å². The topological polar surface area (TPSA) is 39.7 Å². The Hall–Kier alpha value is -0.160. The zero-order valence-electron chi connectivity index (χ0n) is 9.99. The molecule has 1 fully saturated rings. The van der Waals surface area contributed by atoms with Crippen LogP contribution >= 0.6 is 0 Å². The van der Waals surface area contributed by atoms with Crippen LogP contribution in [0.4, 0.5) is 0 Å². The molecule has 0 spiro atoms. The van der Waals surface area contributed by atoms with Crippen LogP contribution in [-0.4, -0.2) is 46.3 Å². The van der Waals surface area contributed by atoms with Crippen molar-refractivity contribution < 1.29 is 14.2 Å². The van der Waals surface area contributed by atoms with Crippen LogP contribution in [0.25, 0.3) is 0 Å². The van der Waals surface area contributed by atoms with Gasteiger partial charge in [0.15, 0.2) is 6.29 Å². The summed E-state index contributed by atoms with van der Waals surface area (Å²) >= 11 is 0. The highest BCUT2D eigenvalue weighted by atomic mass is 16.7. The van der Waals surface area contributed by atoms with E-state index in [1.54, 1.807) is 14.2 Å². The Balaban J connectivity index is 2.16. The molecule has 0 saturated carbocycles. The van der Waals surface area contributed by atoms with Crippen LogP contribution in [0.15, 0.2) is 0 Å². The highest BCUT2D eigenvalue weighted by molar-refractivity contribution is 4.70. The van der Waals surface area contributed by atoms with E-state index in [4.69, 9.17) is 14.2 Å². The van der Waals surface area contributed by atoms with Crippen LogP contribution in [0.2, 0.25) is 0 Å². The van der Waals surface area contributed by atoms with Gasteiger partial charge in [0.2, 0.25) is 0 Å². The maximum absolute atomic E-state index is 5.43. The van der Waals surface area contributed by atoms with Crippen LogP contribution < -0.4 is 5.32 Å². The Bertz CT molecular complexity index is 156. The third-order valence-electron chi connectivity index (χ3n) is 2.86. The normalized spacial score (nSPS) is 24.4. The second kappa shape index (κ2) is 7.17. The molecule has 0 radical (unpaired) electrons. The summed E-state index contributed by atoms with van der Waals surface area (Å²) in [5, 5.41) is 3.42. The van der Waals surface area contributed by atoms with E-state index in [0.29, 0.717) is 5.92 Å². The molecule has 2 unspecified atom stereocenters. The predicted molar refractivity (Wildman–Crippen MR) is 58.8 cm³/mol. The summed E-state index contributed by atoms with van der Waals surface area (Å²) < 4.78 is 15.8. The first kappa shape index (κ1) is 12.9. The number of rotatable bonds is 6. The molecule has 1 rings (SSSR count). The summed E-state index contributed by atoms with van der Waals surface area (Å²) in [6, 6.07) is 0.210. The van der Waals surface area contributed by atoms with Crippen LogP contribution in [0, 0.1) is 5.92 Å². The van der Waals surface area contributed by atoms with Crippen LogP contribution in [-0.2, 0) is 14.2 Å². The molecule has 1 saturated heterocycles. The van der Waals surface area contributed by atoms with Crippen LogP contribution in [0.3, 0.4) is 0 Å². The largest absolute Gasteiger partial charge is 0.381 e. The molecule has 1 aliphatic rings. The van der Waals surface area contributed by atoms with E-state index < -0.39 is 0 Å². The van der Waals surface area contributed by atoms with Gasteiger partial charge in [-0.1, -0.05) is 0 Å². The van der Waals surface area contributed by atoms with Crippen molar-refractivity contribution in [3.05, 3.63) is 0 Å². The minimum Gasteiger partial charge on any atom is -0.381 e. The first-order valence-corrected chi connectivity index (χ1v) is 5.64. The fraction of sp³-hybridized carbons (Fsp3) is 1.00. The maximum atomic E-state index is 5.43. The summed E-state index contributed by atoms with van der Waals surface area (Å²) in [7, 11) is 3.33. The SMILES string of the molecule is COC(OC)C(C)NCC1CCCOC1. The highest BCUT2D eigenvalue weighted by Gasteiger charge is 2.18. The average Bonchev–Trinajstić information content (AvgIpc) is 2.29. The van der Waals surface area contributed by atoms with Gasteiger partial charge in [0.1, 0.15) is 0 Å². The fourth-order valence-electron chi connectivity index (χ4n) is 1.92. The van der Waals surface area contributed by atoms with E-state index >= 15 is 0 Å². The highest BCUT2D eigenvalue weighted by Crippen LogP contribution is 2.12. The molecule has 0 amide bonds. The lowest BCUT2D eigenvalue weighted by Crippen LogP contribution is -2.43. The molecule has 15 heavy (non-hydrogen) atoms. The lowest BCUT2D eigenvalue weighted by Gasteiger charge is -2.27. The first-order valence-electron chi connectivity index (χ1n) is 5.64. The monoisotopic (exact) mass is 217 g/mol. The third kappa shape index (κ3) is 4.47. The molecule has 4 heteroatoms. The van der Waals surface area contributed by atoms with Crippen LogP contribution in [0.1, 0.15) is 19.8 Å². The zero-order valence-corrected chi connectivity index (χ0v) is 9.99. The molecular formula is C11H23NO3. The summed E-state index contributed by atoms with van der Waals surface area (Å²) in [5.41, 5.74) is 0. The Labute approximate surface area is 92.3 Å². The number of ether oxygens (including phenoxy) is 3. The molecule has 2 atom stereocenters. The van der Waals surface area contributed by atoms with Crippen molar-refractivity contribution in [3.63, 3.8) is 0 Å². The van der Waals surface area contributed by atoms with E-state index in [0.717, 1.165) is 19.8 Å². The molecular weight excluding hydrogens is 194 g/mol. The summed E-state index contributed by atoms with van der Waals surface area (Å²) in [6.45, 7) is 4.85. The van der Waals surface area contributed by atoms with Gasteiger partial charge in [-0.2, -0.15) is 0 Å². The Morgan fingerprint density at radius 2 is 2.13 bits per heavy atom. The third-order valence-corrected chi connectivity index (χ3v) is 2.86. The molecule has 1 N–H and O–H groups in total. The maximum Gasteiger partial charge on any atom is 0.171 e. The molecule has 0 aromatic carbocycles. The molecule has 90 valence electrons. The van der Waals surface area contributed by atoms with Gasteiger partial charge in [-0.3, -0.25) is 0 Å². The minimum atomic E-state index is -0.172. The lowest BCUT2D eigenvalue weighted by atomic mass is 10.0. The molecule has 0 bridgehead atoms. The van der Waals surface area contributed by atoms with Gasteiger partial charge in [0, 0.05) is 27.4 Å². The smallest absolute Gasteiger partial charge is 0.171 e. The molecule has 0 aliphatic carbocycles. The number of methoxy groups -OCH3 is 2. The number of nitrogens with one attached hydrogen (secondary N) is 1. The van der Waals surface area contributed by atoms with Gasteiger partial charge < -0.3 is 19.5 Å². The van der Waals surface area contributed by atoms with Gasteiger partial charge in [0.25, 0.3) is 0 Å². The van der Waals surface area contributed by atoms with Gasteiger partial charge >= 0.3 is 0 Å². The van der Waals surface area contributed by atoms with Crippen LogP contribution in [0.5, 0.6) is 0 Å². The van der Waals surface area contributed by atoms with Gasteiger partial charge in [0.05, 0.1) is 12.6 Å². The van der Waals surface area contributed by atoms with E-state index in [1.807, 2.05) is 0 Å². The van der Waals surface area contributed by atoms with Gasteiger partial charge in [-0.25, -0.2) is 0 Å². The summed E-state index contributed by atoms with van der Waals surface area (Å²) in [6.07, 6.45) is 2.26. The Kier molecular flexibility index (Phi) is 6.17. The second-order valence-corrected chi connectivity index (χ2v) is 4.12. The second-order valence-electron chi connectivity index (χ2n) is 4.12. The minimum absolute atomic E-state index is 0.172. The zero-order chi connectivity index (χ0) is 11.1. The molecule has 0 aromatic rings. The van der Waals surface area contributed by atoms with Crippen molar-refractivity contribution in [2.75, 3.05) is 34.0 Å². The van der Waals surface area contributed by atoms with E-state index in [-0.39, 0.29) is 12.3 Å². The van der Waals surface area contributed by atoms with E-state index in [2.05, 4.69) is 12.2 Å². The first-order chi connectivity index (χ1) is 7.27. The average molecular weight is 217 g/mol. The Morgan fingerprint density at radius 1 is 1.40 bits per heavy atom. The van der Waals surface area contributed by atoms with Gasteiger partial charge in [-0.15, -0.1) is 0 Å². The predicted octanol–water partition coefficient (Wildman–Crippen LogP) is 1.01. The fourth-order valence-corrected chi connectivity index (χ4v) is 1.92. The summed E-state index contributed by atoms with van der Waals surface area (Å²) in [4.78, 5) is 0. The molecule has 1 aliphatic heterocycles. The molecule has 4 nitrogen and oxygen atoms in total. The number of hydrogen-bond donors (Lipinski definition) is 1. The quantitative estimate of drug-likeness (QED) is 0.674. The molecule has 1 heterocycles. The van der Waals surface area contributed by atoms with Crippen molar-refractivity contribution in [3.8, 4) is 0 Å². The van der Waals surface area contributed by atoms with Crippen molar-refractivity contribution in [2.24, 2.45) is 5.92 Å². The number of hydrogen-bond acceptors (Lipinski definition) is 4. The Morgan fingerprint density at radius 3 is 2.67 bits per heavy atom. The molecule has 0 aromatic heterocycles. The van der Waals surface area contributed by atoms with Crippen molar-refractivity contribution in [2.45, 2.75) is 32.1 Å². The summed E-state index contributed by atoms with van der Waals surface area (Å²) in [5.74, 6) is 0.635. The van der Waals surface area contributed by atoms with Crippen molar-refractivity contribution >= 4 is 0 Å². The standard InChI is InChI=1S/C11H23NO3/c1-9(11(13-2)14-3)12-7-10-5-4-6-15-8-10/h9-12H,4-8H2,1-3H3. The van der Waals surface area contributed by atoms with Crippen molar-refractivity contribution in [1.82, 2.24) is 5.32 Å². The van der Waals surface area contributed by atoms with E-state index in [9.17, 15) is 0 Å². The lowest BCUT2D eigenvalue weighted by molar-refractivity contribution is -0.120. The van der Waals surface area contributed by atoms with E-state index in [1.165, 1.54) is 12.8 Å². The van der Waals surface area contributed by atoms with Gasteiger partial charge in [-0.05, 0) is 25.7 Å².